The summed E-state index contributed by atoms with van der Waals surface area (Å²) in [7, 11) is 0. The average molecular weight is 379 g/mol. The summed E-state index contributed by atoms with van der Waals surface area (Å²) in [5.74, 6) is 0. The Morgan fingerprint density at radius 2 is 1.39 bits per heavy atom. The molecule has 0 N–H and O–H groups in total. The van der Waals surface area contributed by atoms with Crippen molar-refractivity contribution in [3.63, 3.8) is 0 Å². The monoisotopic (exact) mass is 378 g/mol. The molecule has 1 aliphatic carbocycles. The van der Waals surface area contributed by atoms with Gasteiger partial charge in [0.2, 0.25) is 0 Å². The molecule has 0 aromatic heterocycles. The zero-order valence-electron chi connectivity index (χ0n) is 19.0. The number of aryl methyl sites for hydroxylation is 1. The molecule has 0 aliphatic heterocycles. The quantitative estimate of drug-likeness (QED) is 0.508. The Hall–Kier alpha value is -1.60. The number of benzene rings is 2. The molecule has 1 heteroatoms. The molecule has 3 rings (SSSR count). The van der Waals surface area contributed by atoms with Crippen molar-refractivity contribution in [3.8, 4) is 0 Å². The Kier molecular flexibility index (Phi) is 5.79. The van der Waals surface area contributed by atoms with E-state index in [2.05, 4.69) is 90.9 Å². The largest absolute Gasteiger partial charge is 0.366 e. The molecule has 2 aromatic rings. The predicted molar refractivity (Wildman–Crippen MR) is 120 cm³/mol. The van der Waals surface area contributed by atoms with Crippen molar-refractivity contribution in [2.24, 2.45) is 0 Å². The Balaban J connectivity index is 2.22. The number of ether oxygens (including phenoxy) is 1. The van der Waals surface area contributed by atoms with Crippen LogP contribution in [0.3, 0.4) is 0 Å². The summed E-state index contributed by atoms with van der Waals surface area (Å²) in [4.78, 5) is 0. The maximum Gasteiger partial charge on any atom is 0.118 e. The van der Waals surface area contributed by atoms with Gasteiger partial charge in [-0.1, -0.05) is 89.1 Å². The molecule has 0 bridgehead atoms. The van der Waals surface area contributed by atoms with Crippen LogP contribution in [0.25, 0.3) is 0 Å². The second-order valence-electron chi connectivity index (χ2n) is 9.90. The first kappa shape index (κ1) is 21.1. The highest BCUT2D eigenvalue weighted by molar-refractivity contribution is 5.48. The lowest BCUT2D eigenvalue weighted by molar-refractivity contribution is -0.0183. The fourth-order valence-corrected chi connectivity index (χ4v) is 4.96. The van der Waals surface area contributed by atoms with E-state index in [-0.39, 0.29) is 16.4 Å². The van der Waals surface area contributed by atoms with Gasteiger partial charge in [0.25, 0.3) is 0 Å². The molecule has 0 heterocycles. The normalized spacial score (nSPS) is 19.7. The van der Waals surface area contributed by atoms with E-state index >= 15 is 0 Å². The summed E-state index contributed by atoms with van der Waals surface area (Å²) in [6.45, 7) is 16.8. The van der Waals surface area contributed by atoms with Crippen LogP contribution in [0.15, 0.2) is 42.5 Å². The van der Waals surface area contributed by atoms with Crippen LogP contribution in [0.5, 0.6) is 0 Å². The van der Waals surface area contributed by atoms with E-state index in [1.807, 2.05) is 0 Å². The first-order valence-corrected chi connectivity index (χ1v) is 11.0. The SMILES string of the molecule is CCCC(OCC)(c1ccc(C)cc1)c1ccc2c(c1)C(C)(C)CCC2(C)C. The minimum absolute atomic E-state index is 0.207. The van der Waals surface area contributed by atoms with Gasteiger partial charge in [0.15, 0.2) is 0 Å². The molecule has 1 atom stereocenters. The van der Waals surface area contributed by atoms with Gasteiger partial charge in [-0.25, -0.2) is 0 Å². The van der Waals surface area contributed by atoms with Crippen molar-refractivity contribution in [1.29, 1.82) is 0 Å². The van der Waals surface area contributed by atoms with Gasteiger partial charge in [-0.05, 0) is 66.2 Å². The van der Waals surface area contributed by atoms with Crippen LogP contribution in [-0.4, -0.2) is 6.61 Å². The van der Waals surface area contributed by atoms with E-state index in [1.165, 1.54) is 40.7 Å². The second kappa shape index (κ2) is 7.67. The Labute approximate surface area is 172 Å². The number of fused-ring (bicyclic) bond motifs is 1. The molecular weight excluding hydrogens is 340 g/mol. The van der Waals surface area contributed by atoms with Crippen molar-refractivity contribution in [1.82, 2.24) is 0 Å². The summed E-state index contributed by atoms with van der Waals surface area (Å²) in [6, 6.07) is 16.1. The lowest BCUT2D eigenvalue weighted by atomic mass is 9.62. The van der Waals surface area contributed by atoms with E-state index in [0.717, 1.165) is 12.8 Å². The van der Waals surface area contributed by atoms with E-state index in [4.69, 9.17) is 4.74 Å². The zero-order chi connectivity index (χ0) is 20.6. The molecule has 1 unspecified atom stereocenters. The first-order valence-electron chi connectivity index (χ1n) is 11.0. The topological polar surface area (TPSA) is 9.23 Å². The molecular formula is C27H38O. The summed E-state index contributed by atoms with van der Waals surface area (Å²) in [5, 5.41) is 0. The van der Waals surface area contributed by atoms with Crippen molar-refractivity contribution < 1.29 is 4.74 Å². The molecule has 1 aliphatic rings. The Bertz CT molecular complexity index is 805. The van der Waals surface area contributed by atoms with E-state index in [1.54, 1.807) is 0 Å². The van der Waals surface area contributed by atoms with Gasteiger partial charge in [0.05, 0.1) is 0 Å². The highest BCUT2D eigenvalue weighted by Crippen LogP contribution is 2.48. The highest BCUT2D eigenvalue weighted by atomic mass is 16.5. The third-order valence-corrected chi connectivity index (χ3v) is 6.83. The molecule has 0 saturated carbocycles. The lowest BCUT2D eigenvalue weighted by Crippen LogP contribution is -2.36. The van der Waals surface area contributed by atoms with E-state index < -0.39 is 0 Å². The van der Waals surface area contributed by atoms with Crippen LogP contribution in [-0.2, 0) is 21.2 Å². The number of hydrogen-bond donors (Lipinski definition) is 0. The van der Waals surface area contributed by atoms with E-state index in [0.29, 0.717) is 6.61 Å². The summed E-state index contributed by atoms with van der Waals surface area (Å²) >= 11 is 0. The van der Waals surface area contributed by atoms with Crippen molar-refractivity contribution >= 4 is 0 Å². The molecule has 0 fully saturated rings. The van der Waals surface area contributed by atoms with Crippen molar-refractivity contribution in [2.75, 3.05) is 6.61 Å². The summed E-state index contributed by atoms with van der Waals surface area (Å²) in [5.41, 5.74) is 6.97. The first-order chi connectivity index (χ1) is 13.2. The lowest BCUT2D eigenvalue weighted by Gasteiger charge is -2.43. The zero-order valence-corrected chi connectivity index (χ0v) is 19.0. The van der Waals surface area contributed by atoms with Crippen LogP contribution in [0, 0.1) is 6.92 Å². The van der Waals surface area contributed by atoms with Gasteiger partial charge in [0.1, 0.15) is 5.60 Å². The number of hydrogen-bond acceptors (Lipinski definition) is 1. The Morgan fingerprint density at radius 3 is 1.96 bits per heavy atom. The summed E-state index contributed by atoms with van der Waals surface area (Å²) in [6.07, 6.45) is 4.55. The molecule has 2 aromatic carbocycles. The molecule has 1 nitrogen and oxygen atoms in total. The maximum atomic E-state index is 6.59. The van der Waals surface area contributed by atoms with E-state index in [9.17, 15) is 0 Å². The smallest absolute Gasteiger partial charge is 0.118 e. The Morgan fingerprint density at radius 1 is 0.821 bits per heavy atom. The van der Waals surface area contributed by atoms with Crippen LogP contribution in [0.1, 0.15) is 95.0 Å². The van der Waals surface area contributed by atoms with Gasteiger partial charge >= 0.3 is 0 Å². The molecule has 0 saturated heterocycles. The van der Waals surface area contributed by atoms with Gasteiger partial charge < -0.3 is 4.74 Å². The highest BCUT2D eigenvalue weighted by Gasteiger charge is 2.40. The van der Waals surface area contributed by atoms with Gasteiger partial charge in [-0.2, -0.15) is 0 Å². The van der Waals surface area contributed by atoms with Crippen LogP contribution in [0.4, 0.5) is 0 Å². The molecule has 0 radical (unpaired) electrons. The third-order valence-electron chi connectivity index (χ3n) is 6.83. The van der Waals surface area contributed by atoms with Gasteiger partial charge in [-0.15, -0.1) is 0 Å². The fraction of sp³-hybridized carbons (Fsp3) is 0.556. The van der Waals surface area contributed by atoms with Gasteiger partial charge in [-0.3, -0.25) is 0 Å². The van der Waals surface area contributed by atoms with Crippen LogP contribution < -0.4 is 0 Å². The van der Waals surface area contributed by atoms with Crippen molar-refractivity contribution in [2.45, 2.75) is 90.6 Å². The molecule has 28 heavy (non-hydrogen) atoms. The molecule has 0 amide bonds. The van der Waals surface area contributed by atoms with Gasteiger partial charge in [0, 0.05) is 6.61 Å². The van der Waals surface area contributed by atoms with Crippen LogP contribution in [0.2, 0.25) is 0 Å². The minimum atomic E-state index is -0.371. The summed E-state index contributed by atoms with van der Waals surface area (Å²) < 4.78 is 6.59. The number of rotatable bonds is 6. The fourth-order valence-electron chi connectivity index (χ4n) is 4.96. The molecule has 152 valence electrons. The van der Waals surface area contributed by atoms with Crippen molar-refractivity contribution in [3.05, 3.63) is 70.3 Å². The van der Waals surface area contributed by atoms with Crippen LogP contribution >= 0.6 is 0 Å². The molecule has 0 spiro atoms. The standard InChI is InChI=1S/C27H38O/c1-8-16-27(28-9-2,21-12-10-20(3)11-13-21)22-14-15-23-24(19-22)26(6,7)18-17-25(23,4)5/h10-15,19H,8-9,16-18H2,1-7H3. The predicted octanol–water partition coefficient (Wildman–Crippen LogP) is 7.42. The third kappa shape index (κ3) is 3.66. The maximum absolute atomic E-state index is 6.59. The minimum Gasteiger partial charge on any atom is -0.366 e. The second-order valence-corrected chi connectivity index (χ2v) is 9.90. The average Bonchev–Trinajstić information content (AvgIpc) is 2.66.